The van der Waals surface area contributed by atoms with E-state index in [9.17, 15) is 9.59 Å². The van der Waals surface area contributed by atoms with Crippen LogP contribution < -0.4 is 15.4 Å². The summed E-state index contributed by atoms with van der Waals surface area (Å²) >= 11 is 0. The number of hydrogen-bond donors (Lipinski definition) is 2. The molecular formula is C23H23N3O3. The molecule has 1 aromatic heterocycles. The molecule has 0 aliphatic carbocycles. The fourth-order valence-electron chi connectivity index (χ4n) is 2.79. The zero-order valence-electron chi connectivity index (χ0n) is 16.4. The quantitative estimate of drug-likeness (QED) is 0.569. The summed E-state index contributed by atoms with van der Waals surface area (Å²) in [7, 11) is 1.63. The van der Waals surface area contributed by atoms with Gasteiger partial charge < -0.3 is 15.4 Å². The van der Waals surface area contributed by atoms with Gasteiger partial charge in [0.25, 0.3) is 5.91 Å². The second-order valence-electron chi connectivity index (χ2n) is 6.54. The van der Waals surface area contributed by atoms with E-state index in [0.29, 0.717) is 17.8 Å². The molecule has 0 spiro atoms. The van der Waals surface area contributed by atoms with E-state index >= 15 is 0 Å². The van der Waals surface area contributed by atoms with Crippen LogP contribution in [0.25, 0.3) is 0 Å². The first kappa shape index (κ1) is 20.1. The molecule has 0 saturated heterocycles. The molecule has 29 heavy (non-hydrogen) atoms. The van der Waals surface area contributed by atoms with Gasteiger partial charge in [-0.25, -0.2) is 0 Å². The lowest BCUT2D eigenvalue weighted by Gasteiger charge is -2.09. The van der Waals surface area contributed by atoms with Gasteiger partial charge in [-0.05, 0) is 67.4 Å². The Labute approximate surface area is 169 Å². The number of hydrogen-bond acceptors (Lipinski definition) is 5. The maximum atomic E-state index is 12.4. The van der Waals surface area contributed by atoms with Crippen molar-refractivity contribution in [3.8, 4) is 5.75 Å². The first-order valence-electron chi connectivity index (χ1n) is 9.30. The summed E-state index contributed by atoms with van der Waals surface area (Å²) in [6.45, 7) is 2.04. The van der Waals surface area contributed by atoms with Gasteiger partial charge in [-0.1, -0.05) is 12.1 Å². The molecule has 0 unspecified atom stereocenters. The minimum Gasteiger partial charge on any atom is -0.497 e. The first-order valence-corrected chi connectivity index (χ1v) is 9.30. The molecule has 1 amide bonds. The average molecular weight is 389 g/mol. The third-order valence-corrected chi connectivity index (χ3v) is 4.43. The average Bonchev–Trinajstić information content (AvgIpc) is 2.75. The summed E-state index contributed by atoms with van der Waals surface area (Å²) in [5.41, 5.74) is 3.68. The number of anilines is 2. The van der Waals surface area contributed by atoms with E-state index in [1.807, 2.05) is 36.4 Å². The van der Waals surface area contributed by atoms with Gasteiger partial charge in [-0.2, -0.15) is 0 Å². The Kier molecular flexibility index (Phi) is 6.58. The van der Waals surface area contributed by atoms with Crippen LogP contribution in [0.5, 0.6) is 5.75 Å². The predicted octanol–water partition coefficient (Wildman–Crippen LogP) is 4.01. The lowest BCUT2D eigenvalue weighted by atomic mass is 10.1. The molecule has 0 saturated carbocycles. The van der Waals surface area contributed by atoms with Crippen LogP contribution in [-0.2, 0) is 6.42 Å². The van der Waals surface area contributed by atoms with E-state index in [1.165, 1.54) is 6.92 Å². The van der Waals surface area contributed by atoms with Crippen LogP contribution in [0.4, 0.5) is 11.4 Å². The van der Waals surface area contributed by atoms with E-state index in [4.69, 9.17) is 4.74 Å². The molecule has 0 atom stereocenters. The van der Waals surface area contributed by atoms with Crippen molar-refractivity contribution in [2.24, 2.45) is 0 Å². The second-order valence-corrected chi connectivity index (χ2v) is 6.54. The lowest BCUT2D eigenvalue weighted by molar-refractivity contribution is 0.0948. The van der Waals surface area contributed by atoms with E-state index in [0.717, 1.165) is 29.1 Å². The summed E-state index contributed by atoms with van der Waals surface area (Å²) in [5.74, 6) is 0.602. The number of ether oxygens (including phenoxy) is 1. The number of Topliss-reactive ketones (excluding diaryl/α,β-unsaturated/α-hetero) is 1. The number of pyridine rings is 1. The van der Waals surface area contributed by atoms with Crippen LogP contribution in [0.15, 0.2) is 66.9 Å². The topological polar surface area (TPSA) is 80.3 Å². The van der Waals surface area contributed by atoms with Crippen molar-refractivity contribution >= 4 is 23.1 Å². The number of benzene rings is 2. The lowest BCUT2D eigenvalue weighted by Crippen LogP contribution is -2.26. The van der Waals surface area contributed by atoms with Gasteiger partial charge in [-0.3, -0.25) is 14.6 Å². The minimum absolute atomic E-state index is 0.0223. The normalized spacial score (nSPS) is 10.3. The molecule has 6 heteroatoms. The number of ketones is 1. The van der Waals surface area contributed by atoms with Crippen molar-refractivity contribution < 1.29 is 14.3 Å². The maximum Gasteiger partial charge on any atom is 0.269 e. The van der Waals surface area contributed by atoms with E-state index in [2.05, 4.69) is 15.6 Å². The number of nitrogens with one attached hydrogen (secondary N) is 2. The van der Waals surface area contributed by atoms with Crippen molar-refractivity contribution in [1.82, 2.24) is 10.3 Å². The molecule has 3 rings (SSSR count). The summed E-state index contributed by atoms with van der Waals surface area (Å²) in [5, 5.41) is 6.10. The molecule has 3 aromatic rings. The highest BCUT2D eigenvalue weighted by Crippen LogP contribution is 2.18. The van der Waals surface area contributed by atoms with E-state index in [-0.39, 0.29) is 11.7 Å². The SMILES string of the molecule is COc1ccc(CCNC(=O)c2cc(Nc3ccc(C(C)=O)cc3)ccn2)cc1. The Bertz CT molecular complexity index is 983. The molecule has 0 aliphatic rings. The fourth-order valence-corrected chi connectivity index (χ4v) is 2.79. The third kappa shape index (κ3) is 5.65. The molecule has 1 heterocycles. The number of rotatable bonds is 8. The summed E-state index contributed by atoms with van der Waals surface area (Å²) in [6.07, 6.45) is 2.31. The monoisotopic (exact) mass is 389 g/mol. The largest absolute Gasteiger partial charge is 0.497 e. The highest BCUT2D eigenvalue weighted by Gasteiger charge is 2.08. The zero-order chi connectivity index (χ0) is 20.6. The number of carbonyl (C=O) groups excluding carboxylic acids is 2. The number of amides is 1. The summed E-state index contributed by atoms with van der Waals surface area (Å²) in [4.78, 5) is 27.9. The van der Waals surface area contributed by atoms with Gasteiger partial charge in [0.2, 0.25) is 0 Å². The first-order chi connectivity index (χ1) is 14.0. The number of methoxy groups -OCH3 is 1. The Hall–Kier alpha value is -3.67. The van der Waals surface area contributed by atoms with Gasteiger partial charge in [0.15, 0.2) is 5.78 Å². The molecule has 0 radical (unpaired) electrons. The molecule has 2 N–H and O–H groups in total. The molecule has 0 fully saturated rings. The van der Waals surface area contributed by atoms with Crippen molar-refractivity contribution in [2.45, 2.75) is 13.3 Å². The molecular weight excluding hydrogens is 366 g/mol. The highest BCUT2D eigenvalue weighted by molar-refractivity contribution is 5.94. The van der Waals surface area contributed by atoms with Crippen LogP contribution >= 0.6 is 0 Å². The highest BCUT2D eigenvalue weighted by atomic mass is 16.5. The van der Waals surface area contributed by atoms with E-state index in [1.54, 1.807) is 37.6 Å². The van der Waals surface area contributed by atoms with Crippen LogP contribution in [0.3, 0.4) is 0 Å². The van der Waals surface area contributed by atoms with Crippen molar-refractivity contribution in [3.63, 3.8) is 0 Å². The minimum atomic E-state index is -0.228. The molecule has 0 aliphatic heterocycles. The molecule has 0 bridgehead atoms. The Morgan fingerprint density at radius 1 is 0.966 bits per heavy atom. The Morgan fingerprint density at radius 3 is 2.34 bits per heavy atom. The maximum absolute atomic E-state index is 12.4. The fraction of sp³-hybridized carbons (Fsp3) is 0.174. The Morgan fingerprint density at radius 2 is 1.69 bits per heavy atom. The van der Waals surface area contributed by atoms with Crippen LogP contribution in [0.1, 0.15) is 33.3 Å². The van der Waals surface area contributed by atoms with Gasteiger partial charge in [0.1, 0.15) is 11.4 Å². The number of aromatic nitrogens is 1. The van der Waals surface area contributed by atoms with E-state index < -0.39 is 0 Å². The van der Waals surface area contributed by atoms with Gasteiger partial charge in [-0.15, -0.1) is 0 Å². The van der Waals surface area contributed by atoms with Crippen molar-refractivity contribution in [2.75, 3.05) is 19.0 Å². The zero-order valence-corrected chi connectivity index (χ0v) is 16.4. The number of carbonyl (C=O) groups is 2. The molecule has 148 valence electrons. The predicted molar refractivity (Wildman–Crippen MR) is 113 cm³/mol. The second kappa shape index (κ2) is 9.50. The smallest absolute Gasteiger partial charge is 0.269 e. The van der Waals surface area contributed by atoms with Crippen LogP contribution in [0, 0.1) is 0 Å². The van der Waals surface area contributed by atoms with Crippen LogP contribution in [-0.4, -0.2) is 30.3 Å². The van der Waals surface area contributed by atoms with Crippen molar-refractivity contribution in [1.29, 1.82) is 0 Å². The molecule has 2 aromatic carbocycles. The number of nitrogens with zero attached hydrogens (tertiary/aromatic N) is 1. The van der Waals surface area contributed by atoms with Gasteiger partial charge >= 0.3 is 0 Å². The Balaban J connectivity index is 1.56. The van der Waals surface area contributed by atoms with Crippen LogP contribution in [0.2, 0.25) is 0 Å². The standard InChI is InChI=1S/C23H23N3O3/c1-16(27)18-5-7-19(8-6-18)26-20-12-14-24-22(15-20)23(28)25-13-11-17-3-9-21(29-2)10-4-17/h3-10,12,14-15H,11,13H2,1-2H3,(H,24,26)(H,25,28). The van der Waals surface area contributed by atoms with Gasteiger partial charge in [0.05, 0.1) is 7.11 Å². The summed E-state index contributed by atoms with van der Waals surface area (Å²) < 4.78 is 5.14. The molecule has 6 nitrogen and oxygen atoms in total. The van der Waals surface area contributed by atoms with Gasteiger partial charge in [0, 0.05) is 29.7 Å². The summed E-state index contributed by atoms with van der Waals surface area (Å²) in [6, 6.07) is 18.4. The van der Waals surface area contributed by atoms with Crippen molar-refractivity contribution in [3.05, 3.63) is 83.7 Å². The third-order valence-electron chi connectivity index (χ3n) is 4.43.